The highest BCUT2D eigenvalue weighted by Crippen LogP contribution is 2.08. The van der Waals surface area contributed by atoms with Gasteiger partial charge in [0.1, 0.15) is 10.7 Å². The zero-order valence-electron chi connectivity index (χ0n) is 9.62. The fourth-order valence-corrected chi connectivity index (χ4v) is 2.24. The van der Waals surface area contributed by atoms with E-state index in [9.17, 15) is 14.0 Å². The van der Waals surface area contributed by atoms with E-state index in [1.807, 2.05) is 0 Å². The van der Waals surface area contributed by atoms with Gasteiger partial charge in [0, 0.05) is 12.2 Å². The number of halogens is 1. The molecule has 6 heteroatoms. The van der Waals surface area contributed by atoms with E-state index in [1.165, 1.54) is 12.1 Å². The molecule has 0 unspecified atom stereocenters. The Morgan fingerprint density at radius 3 is 2.61 bits per heavy atom. The van der Waals surface area contributed by atoms with Gasteiger partial charge < -0.3 is 10.3 Å². The smallest absolute Gasteiger partial charge is 0.305 e. The van der Waals surface area contributed by atoms with Gasteiger partial charge in [0.15, 0.2) is 0 Å². The first-order chi connectivity index (χ1) is 8.56. The first-order valence-electron chi connectivity index (χ1n) is 5.28. The molecule has 0 spiro atoms. The quantitative estimate of drug-likeness (QED) is 0.890. The van der Waals surface area contributed by atoms with Crippen molar-refractivity contribution in [1.29, 1.82) is 0 Å². The van der Waals surface area contributed by atoms with Gasteiger partial charge in [-0.1, -0.05) is 23.5 Å². The molecule has 0 bridgehead atoms. The largest absolute Gasteiger partial charge is 0.347 e. The minimum atomic E-state index is -0.315. The van der Waals surface area contributed by atoms with E-state index in [1.54, 1.807) is 19.1 Å². The van der Waals surface area contributed by atoms with Gasteiger partial charge in [-0.05, 0) is 24.6 Å². The van der Waals surface area contributed by atoms with E-state index >= 15 is 0 Å². The normalized spacial score (nSPS) is 10.3. The lowest BCUT2D eigenvalue weighted by Crippen LogP contribution is -2.22. The predicted octanol–water partition coefficient (Wildman–Crippen LogP) is 1.81. The molecule has 0 radical (unpaired) electrons. The van der Waals surface area contributed by atoms with E-state index in [-0.39, 0.29) is 16.6 Å². The number of benzene rings is 1. The molecule has 0 saturated carbocycles. The Balaban J connectivity index is 2.02. The summed E-state index contributed by atoms with van der Waals surface area (Å²) in [6.45, 7) is 1.97. The summed E-state index contributed by atoms with van der Waals surface area (Å²) in [6, 6.07) is 5.87. The van der Waals surface area contributed by atoms with E-state index in [2.05, 4.69) is 10.3 Å². The number of aryl methyl sites for hydroxylation is 1. The summed E-state index contributed by atoms with van der Waals surface area (Å²) in [5.41, 5.74) is 1.35. The molecule has 1 aromatic carbocycles. The van der Waals surface area contributed by atoms with Gasteiger partial charge in [0.25, 0.3) is 5.91 Å². The summed E-state index contributed by atoms with van der Waals surface area (Å²) in [7, 11) is 0. The van der Waals surface area contributed by atoms with Gasteiger partial charge in [-0.3, -0.25) is 9.59 Å². The second-order valence-corrected chi connectivity index (χ2v) is 4.76. The van der Waals surface area contributed by atoms with Crippen molar-refractivity contribution in [2.45, 2.75) is 13.5 Å². The number of aromatic amines is 1. The zero-order valence-corrected chi connectivity index (χ0v) is 10.4. The van der Waals surface area contributed by atoms with Crippen LogP contribution >= 0.6 is 11.3 Å². The van der Waals surface area contributed by atoms with Gasteiger partial charge >= 0.3 is 4.87 Å². The number of nitrogens with one attached hydrogen (secondary N) is 2. The number of aromatic nitrogens is 1. The van der Waals surface area contributed by atoms with Crippen LogP contribution in [0, 0.1) is 12.7 Å². The highest BCUT2D eigenvalue weighted by atomic mass is 32.1. The molecule has 0 aliphatic carbocycles. The number of hydrogen-bond acceptors (Lipinski definition) is 3. The second kappa shape index (κ2) is 5.14. The third kappa shape index (κ3) is 2.84. The summed E-state index contributed by atoms with van der Waals surface area (Å²) >= 11 is 0.877. The zero-order chi connectivity index (χ0) is 13.1. The van der Waals surface area contributed by atoms with Crippen molar-refractivity contribution in [2.24, 2.45) is 0 Å². The van der Waals surface area contributed by atoms with Crippen molar-refractivity contribution < 1.29 is 9.18 Å². The standard InChI is InChI=1S/C12H11FN2O2S/c1-7-10(18-12(17)15-7)11(16)14-6-8-2-4-9(13)5-3-8/h2-5H,6H2,1H3,(H,14,16)(H,15,17). The van der Waals surface area contributed by atoms with Gasteiger partial charge in [-0.25, -0.2) is 4.39 Å². The predicted molar refractivity (Wildman–Crippen MR) is 67.2 cm³/mol. The van der Waals surface area contributed by atoms with Gasteiger partial charge in [0.2, 0.25) is 0 Å². The number of amides is 1. The Hall–Kier alpha value is -1.95. The van der Waals surface area contributed by atoms with Crippen LogP contribution in [0.3, 0.4) is 0 Å². The molecule has 0 aliphatic rings. The number of carbonyl (C=O) groups excluding carboxylic acids is 1. The maximum Gasteiger partial charge on any atom is 0.305 e. The molecule has 2 aromatic rings. The lowest BCUT2D eigenvalue weighted by atomic mass is 10.2. The number of thiazole rings is 1. The number of rotatable bonds is 3. The van der Waals surface area contributed by atoms with E-state index in [0.717, 1.165) is 16.9 Å². The van der Waals surface area contributed by atoms with Crippen molar-refractivity contribution in [3.8, 4) is 0 Å². The highest BCUT2D eigenvalue weighted by molar-refractivity contribution is 7.11. The van der Waals surface area contributed by atoms with Crippen LogP contribution in [-0.4, -0.2) is 10.9 Å². The van der Waals surface area contributed by atoms with Crippen LogP contribution in [0.25, 0.3) is 0 Å². The summed E-state index contributed by atoms with van der Waals surface area (Å²) in [5, 5.41) is 2.68. The Kier molecular flexibility index (Phi) is 3.57. The Morgan fingerprint density at radius 2 is 2.06 bits per heavy atom. The summed E-state index contributed by atoms with van der Waals surface area (Å²) < 4.78 is 12.7. The number of H-pyrrole nitrogens is 1. The molecule has 2 rings (SSSR count). The molecule has 0 saturated heterocycles. The monoisotopic (exact) mass is 266 g/mol. The second-order valence-electron chi connectivity index (χ2n) is 3.78. The molecule has 1 heterocycles. The maximum atomic E-state index is 12.7. The fourth-order valence-electron chi connectivity index (χ4n) is 1.49. The minimum absolute atomic E-state index is 0.251. The summed E-state index contributed by atoms with van der Waals surface area (Å²) in [5.74, 6) is -0.620. The first kappa shape index (κ1) is 12.5. The Morgan fingerprint density at radius 1 is 1.39 bits per heavy atom. The van der Waals surface area contributed by atoms with Crippen molar-refractivity contribution in [3.63, 3.8) is 0 Å². The van der Waals surface area contributed by atoms with Crippen molar-refractivity contribution in [3.05, 3.63) is 55.9 Å². The minimum Gasteiger partial charge on any atom is -0.347 e. The average molecular weight is 266 g/mol. The van der Waals surface area contributed by atoms with Crippen LogP contribution in [-0.2, 0) is 6.54 Å². The van der Waals surface area contributed by atoms with Crippen LogP contribution in [0.4, 0.5) is 4.39 Å². The molecular formula is C12H11FN2O2S. The van der Waals surface area contributed by atoms with E-state index in [4.69, 9.17) is 0 Å². The van der Waals surface area contributed by atoms with Crippen molar-refractivity contribution in [2.75, 3.05) is 0 Å². The van der Waals surface area contributed by atoms with Crippen LogP contribution in [0.1, 0.15) is 20.9 Å². The van der Waals surface area contributed by atoms with Gasteiger partial charge in [-0.15, -0.1) is 0 Å². The van der Waals surface area contributed by atoms with Crippen molar-refractivity contribution in [1.82, 2.24) is 10.3 Å². The molecule has 1 amide bonds. The van der Waals surface area contributed by atoms with Crippen LogP contribution < -0.4 is 10.2 Å². The molecule has 18 heavy (non-hydrogen) atoms. The van der Waals surface area contributed by atoms with Crippen LogP contribution in [0.2, 0.25) is 0 Å². The molecule has 1 aromatic heterocycles. The van der Waals surface area contributed by atoms with E-state index < -0.39 is 0 Å². The SMILES string of the molecule is Cc1[nH]c(=O)sc1C(=O)NCc1ccc(F)cc1. The molecule has 0 fully saturated rings. The maximum absolute atomic E-state index is 12.7. The summed E-state index contributed by atoms with van der Waals surface area (Å²) in [6.07, 6.45) is 0. The van der Waals surface area contributed by atoms with Crippen molar-refractivity contribution >= 4 is 17.2 Å². The highest BCUT2D eigenvalue weighted by Gasteiger charge is 2.12. The number of hydrogen-bond donors (Lipinski definition) is 2. The third-order valence-electron chi connectivity index (χ3n) is 2.40. The lowest BCUT2D eigenvalue weighted by molar-refractivity contribution is 0.0954. The molecule has 2 N–H and O–H groups in total. The first-order valence-corrected chi connectivity index (χ1v) is 6.10. The average Bonchev–Trinajstić information content (AvgIpc) is 2.67. The molecule has 94 valence electrons. The molecule has 4 nitrogen and oxygen atoms in total. The fraction of sp³-hybridized carbons (Fsp3) is 0.167. The van der Waals surface area contributed by atoms with Crippen LogP contribution in [0.15, 0.2) is 29.1 Å². The van der Waals surface area contributed by atoms with Crippen LogP contribution in [0.5, 0.6) is 0 Å². The number of carbonyl (C=O) groups is 1. The van der Waals surface area contributed by atoms with Gasteiger partial charge in [0.05, 0.1) is 0 Å². The third-order valence-corrected chi connectivity index (χ3v) is 3.38. The lowest BCUT2D eigenvalue weighted by Gasteiger charge is -2.04. The Bertz CT molecular complexity index is 616. The van der Waals surface area contributed by atoms with Gasteiger partial charge in [-0.2, -0.15) is 0 Å². The summed E-state index contributed by atoms with van der Waals surface area (Å²) in [4.78, 5) is 25.5. The molecule has 0 aliphatic heterocycles. The topological polar surface area (TPSA) is 62.0 Å². The van der Waals surface area contributed by atoms with E-state index in [0.29, 0.717) is 17.1 Å². The molecular weight excluding hydrogens is 255 g/mol. The molecule has 0 atom stereocenters. The Labute approximate surface area is 106 Å².